The zero-order valence-electron chi connectivity index (χ0n) is 23.4. The van der Waals surface area contributed by atoms with Crippen molar-refractivity contribution in [3.05, 3.63) is 33.1 Å². The highest BCUT2D eigenvalue weighted by Gasteiger charge is 2.47. The van der Waals surface area contributed by atoms with Gasteiger partial charge >= 0.3 is 5.69 Å². The molecule has 12 heteroatoms. The van der Waals surface area contributed by atoms with Crippen LogP contribution in [0, 0.1) is 0 Å². The van der Waals surface area contributed by atoms with E-state index in [1.165, 1.54) is 6.20 Å². The largest absolute Gasteiger partial charge is 0.349 e. The Labute approximate surface area is 225 Å². The quantitative estimate of drug-likeness (QED) is 0.169. The molecule has 36 heavy (non-hydrogen) atoms. The van der Waals surface area contributed by atoms with E-state index < -0.39 is 44.4 Å². The number of aromatic amines is 1. The summed E-state index contributed by atoms with van der Waals surface area (Å²) >= 11 is 0. The summed E-state index contributed by atoms with van der Waals surface area (Å²) in [6.45, 7) is 15.0. The molecule has 1 aliphatic rings. The number of alkyl halides is 1. The van der Waals surface area contributed by atoms with Crippen LogP contribution in [0.25, 0.3) is 0 Å². The average Bonchev–Trinajstić information content (AvgIpc) is 3.09. The van der Waals surface area contributed by atoms with Gasteiger partial charge in [-0.25, -0.2) is 13.9 Å². The lowest BCUT2D eigenvalue weighted by Crippen LogP contribution is -2.38. The second-order valence-electron chi connectivity index (χ2n) is 10.3. The minimum atomic E-state index is -1.72. The Morgan fingerprint density at radius 3 is 2.53 bits per heavy atom. The molecule has 0 aromatic carbocycles. The number of halogens is 1. The molecule has 1 N–H and O–H groups in total. The molecule has 0 spiro atoms. The maximum atomic E-state index is 15.7. The van der Waals surface area contributed by atoms with Crippen molar-refractivity contribution in [2.75, 3.05) is 12.4 Å². The summed E-state index contributed by atoms with van der Waals surface area (Å²) in [5.41, 5.74) is -1.35. The molecule has 1 fully saturated rings. The number of unbranched alkanes of at least 4 members (excludes halogenated alkanes) is 2. The van der Waals surface area contributed by atoms with E-state index in [9.17, 15) is 9.59 Å². The van der Waals surface area contributed by atoms with Crippen LogP contribution in [-0.2, 0) is 13.8 Å². The number of nitrogens with zero attached hydrogens (tertiary/aromatic N) is 2. The molecule has 1 saturated heterocycles. The van der Waals surface area contributed by atoms with E-state index in [1.807, 2.05) is 49.3 Å². The minimum Gasteiger partial charge on any atom is -0.349 e. The van der Waals surface area contributed by atoms with Gasteiger partial charge in [-0.3, -0.25) is 14.3 Å². The number of H-pyrrole nitrogens is 1. The van der Waals surface area contributed by atoms with Crippen LogP contribution in [0.3, 0.4) is 0 Å². The lowest BCUT2D eigenvalue weighted by Gasteiger charge is -2.37. The number of hydrogen-bond acceptors (Lipinski definition) is 8. The van der Waals surface area contributed by atoms with Gasteiger partial charge in [-0.05, 0) is 47.4 Å². The molecular weight excluding hydrogens is 524 g/mol. The van der Waals surface area contributed by atoms with Crippen LogP contribution in [0.4, 0.5) is 4.39 Å². The Kier molecular flexibility index (Phi) is 12.3. The summed E-state index contributed by atoms with van der Waals surface area (Å²) in [5, 5.41) is 0. The maximum absolute atomic E-state index is 15.7. The Morgan fingerprint density at radius 1 is 1.25 bits per heavy atom. The molecule has 0 aliphatic carbocycles. The monoisotopic (exact) mass is 568 g/mol. The van der Waals surface area contributed by atoms with Gasteiger partial charge in [-0.2, -0.15) is 0 Å². The Bertz CT molecular complexity index is 925. The van der Waals surface area contributed by atoms with Gasteiger partial charge in [-0.15, -0.1) is 0 Å². The fourth-order valence-corrected chi connectivity index (χ4v) is 7.93. The Hall–Kier alpha value is -0.420. The first-order valence-corrected chi connectivity index (χ1v) is 15.9. The van der Waals surface area contributed by atoms with Crippen molar-refractivity contribution in [2.45, 2.75) is 116 Å². The first-order valence-electron chi connectivity index (χ1n) is 13.2. The normalized spacial score (nSPS) is 24.1. The van der Waals surface area contributed by atoms with Gasteiger partial charge in [-0.1, -0.05) is 48.8 Å². The van der Waals surface area contributed by atoms with E-state index >= 15 is 4.39 Å². The topological polar surface area (TPSA) is 85.8 Å². The van der Waals surface area contributed by atoms with E-state index in [1.54, 1.807) is 0 Å². The predicted octanol–water partition coefficient (Wildman–Crippen LogP) is 5.89. The molecule has 0 bridgehead atoms. The molecule has 0 saturated carbocycles. The molecule has 1 aromatic heterocycles. The highest BCUT2D eigenvalue weighted by molar-refractivity contribution is 8.77. The molecular formula is C24H43FN3O5PS2. The van der Waals surface area contributed by atoms with Crippen LogP contribution in [0.5, 0.6) is 0 Å². The van der Waals surface area contributed by atoms with Crippen molar-refractivity contribution in [3.8, 4) is 0 Å². The van der Waals surface area contributed by atoms with Crippen LogP contribution < -0.4 is 11.2 Å². The van der Waals surface area contributed by atoms with Crippen LogP contribution in [0.15, 0.2) is 21.9 Å². The van der Waals surface area contributed by atoms with E-state index in [2.05, 4.69) is 30.4 Å². The van der Waals surface area contributed by atoms with Gasteiger partial charge < -0.3 is 13.8 Å². The van der Waals surface area contributed by atoms with Gasteiger partial charge in [0.15, 0.2) is 12.4 Å². The van der Waals surface area contributed by atoms with Gasteiger partial charge in [0.05, 0.1) is 12.7 Å². The van der Waals surface area contributed by atoms with Gasteiger partial charge in [0.25, 0.3) is 14.1 Å². The average molecular weight is 569 g/mol. The van der Waals surface area contributed by atoms with Crippen LogP contribution in [0.1, 0.15) is 82.2 Å². The molecule has 2 heterocycles. The second kappa shape index (κ2) is 14.7. The molecule has 2 rings (SSSR count). The molecule has 0 radical (unpaired) electrons. The molecule has 208 valence electrons. The lowest BCUT2D eigenvalue weighted by atomic mass is 10.2. The third-order valence-electron chi connectivity index (χ3n) is 5.23. The number of nitrogens with one attached hydrogen (secondary N) is 1. The zero-order chi connectivity index (χ0) is 27.8. The molecule has 8 nitrogen and oxygen atoms in total. The predicted molar refractivity (Wildman–Crippen MR) is 149 cm³/mol. The van der Waals surface area contributed by atoms with Gasteiger partial charge in [0, 0.05) is 36.2 Å². The van der Waals surface area contributed by atoms with Gasteiger partial charge in [0.1, 0.15) is 6.10 Å². The van der Waals surface area contributed by atoms with Gasteiger partial charge in [0.2, 0.25) is 0 Å². The fraction of sp³-hybridized carbons (Fsp3) is 0.833. The van der Waals surface area contributed by atoms with Crippen molar-refractivity contribution in [3.63, 3.8) is 0 Å². The molecule has 1 aromatic rings. The lowest BCUT2D eigenvalue weighted by molar-refractivity contribution is -0.0180. The highest BCUT2D eigenvalue weighted by Crippen LogP contribution is 2.50. The van der Waals surface area contributed by atoms with Crippen LogP contribution in [-0.4, -0.2) is 61.8 Å². The first-order chi connectivity index (χ1) is 17.4. The zero-order valence-corrected chi connectivity index (χ0v) is 25.0. The summed E-state index contributed by atoms with van der Waals surface area (Å²) in [6.07, 6.45) is -0.798. The summed E-state index contributed by atoms with van der Waals surface area (Å²) in [6, 6.07) is 1.31. The second-order valence-corrected chi connectivity index (χ2v) is 15.0. The third-order valence-corrected chi connectivity index (χ3v) is 10.8. The van der Waals surface area contributed by atoms with Crippen molar-refractivity contribution >= 4 is 30.1 Å². The van der Waals surface area contributed by atoms with Crippen molar-refractivity contribution in [1.29, 1.82) is 0 Å². The number of hydrogen-bond donors (Lipinski definition) is 1. The molecule has 5 atom stereocenters. The summed E-state index contributed by atoms with van der Waals surface area (Å²) in [4.78, 5) is 25.8. The first kappa shape index (κ1) is 30.1. The smallest absolute Gasteiger partial charge is 0.330 e. The highest BCUT2D eigenvalue weighted by atomic mass is 33.1. The summed E-state index contributed by atoms with van der Waals surface area (Å²) < 4.78 is 45.1. The molecule has 0 amide bonds. The van der Waals surface area contributed by atoms with E-state index in [4.69, 9.17) is 15.2 Å². The summed E-state index contributed by atoms with van der Waals surface area (Å²) in [7, 11) is 2.14. The number of ether oxygens (including phenoxy) is 1. The van der Waals surface area contributed by atoms with Crippen molar-refractivity contribution < 1.29 is 19.5 Å². The van der Waals surface area contributed by atoms with Crippen molar-refractivity contribution in [2.24, 2.45) is 0 Å². The van der Waals surface area contributed by atoms with Crippen LogP contribution in [0.2, 0.25) is 0 Å². The fourth-order valence-electron chi connectivity index (χ4n) is 3.70. The van der Waals surface area contributed by atoms with E-state index in [-0.39, 0.29) is 23.7 Å². The number of aromatic nitrogens is 2. The SMILES string of the molecule is [2H]CC1OC(n2ccc(=O)[nH]c2=O)C(F)C1OP(OCCCCCSSC(C)(C)C)N(C(C)C)C(C)C. The Morgan fingerprint density at radius 2 is 1.94 bits per heavy atom. The Balaban J connectivity index is 2.05. The molecule has 5 unspecified atom stereocenters. The maximum Gasteiger partial charge on any atom is 0.330 e. The standard InChI is InChI=1S/C24H43FN3O5PS2/c1-16(2)28(17(3)4)34(31-14-10-9-11-15-35-36-24(6,7)8)33-21-18(5)32-22(20(21)25)27-13-12-19(29)26-23(27)30/h12-13,16-18,20-22H,9-11,14-15H2,1-8H3,(H,26,29,30)/i5D. The minimum absolute atomic E-state index is 0.0874. The van der Waals surface area contributed by atoms with Crippen LogP contribution >= 0.6 is 30.1 Å². The number of rotatable bonds is 14. The molecule has 1 aliphatic heterocycles. The third kappa shape index (κ3) is 9.71. The van der Waals surface area contributed by atoms with E-state index in [0.29, 0.717) is 6.61 Å². The summed E-state index contributed by atoms with van der Waals surface area (Å²) in [5.74, 6) is 1.08. The van der Waals surface area contributed by atoms with E-state index in [0.717, 1.165) is 35.6 Å². The van der Waals surface area contributed by atoms with Crippen molar-refractivity contribution in [1.82, 2.24) is 14.2 Å².